The summed E-state index contributed by atoms with van der Waals surface area (Å²) in [5.74, 6) is 0.590. The van der Waals surface area contributed by atoms with Gasteiger partial charge in [0.2, 0.25) is 0 Å². The topological polar surface area (TPSA) is 92.4 Å². The number of anilines is 3. The molecule has 4 rings (SSSR count). The maximum Gasteiger partial charge on any atom is 0.323 e. The van der Waals surface area contributed by atoms with E-state index in [9.17, 15) is 9.59 Å². The highest BCUT2D eigenvalue weighted by molar-refractivity contribution is 7.11. The van der Waals surface area contributed by atoms with Crippen LogP contribution in [0.3, 0.4) is 0 Å². The monoisotopic (exact) mass is 440 g/mol. The van der Waals surface area contributed by atoms with Crippen LogP contribution >= 0.6 is 22.9 Å². The number of carbonyl (C=O) groups is 2. The van der Waals surface area contributed by atoms with Crippen LogP contribution in [0, 0.1) is 0 Å². The second kappa shape index (κ2) is 8.98. The van der Waals surface area contributed by atoms with E-state index in [1.165, 1.54) is 0 Å². The molecule has 0 saturated carbocycles. The summed E-state index contributed by atoms with van der Waals surface area (Å²) in [4.78, 5) is 28.3. The average molecular weight is 441 g/mol. The highest BCUT2D eigenvalue weighted by Gasteiger charge is 2.24. The Hall–Kier alpha value is -3.36. The van der Waals surface area contributed by atoms with Gasteiger partial charge in [-0.1, -0.05) is 17.7 Å². The van der Waals surface area contributed by atoms with Gasteiger partial charge in [-0.05, 0) is 35.7 Å². The lowest BCUT2D eigenvalue weighted by Gasteiger charge is -2.25. The summed E-state index contributed by atoms with van der Waals surface area (Å²) >= 11 is 7.98. The smallest absolute Gasteiger partial charge is 0.323 e. The van der Waals surface area contributed by atoms with Crippen molar-refractivity contribution in [3.63, 3.8) is 0 Å². The number of ether oxygens (including phenoxy) is 1. The molecule has 0 bridgehead atoms. The molecule has 1 aliphatic heterocycles. The summed E-state index contributed by atoms with van der Waals surface area (Å²) in [5, 5.41) is 11.2. The predicted octanol–water partition coefficient (Wildman–Crippen LogP) is 4.95. The third-order valence-electron chi connectivity index (χ3n) is 4.38. The molecule has 0 spiro atoms. The zero-order chi connectivity index (χ0) is 20.9. The number of nitrogens with one attached hydrogen (secondary N) is 3. The van der Waals surface area contributed by atoms with E-state index in [2.05, 4.69) is 20.9 Å². The van der Waals surface area contributed by atoms with Gasteiger partial charge in [-0.2, -0.15) is 0 Å². The average Bonchev–Trinajstić information content (AvgIpc) is 3.28. The number of aldehydes is 1. The van der Waals surface area contributed by atoms with Gasteiger partial charge in [0.15, 0.2) is 6.29 Å². The van der Waals surface area contributed by atoms with E-state index in [0.717, 1.165) is 21.7 Å². The zero-order valence-corrected chi connectivity index (χ0v) is 17.2. The highest BCUT2D eigenvalue weighted by Crippen LogP contribution is 2.41. The van der Waals surface area contributed by atoms with Gasteiger partial charge < -0.3 is 20.7 Å². The molecule has 3 N–H and O–H groups in total. The summed E-state index contributed by atoms with van der Waals surface area (Å²) in [5.41, 5.74) is 3.45. The Kier molecular flexibility index (Phi) is 5.97. The third-order valence-corrected chi connectivity index (χ3v) is 5.62. The number of hydrogen-bond acceptors (Lipinski definition) is 6. The molecular weight excluding hydrogens is 424 g/mol. The first-order valence-corrected chi connectivity index (χ1v) is 10.3. The molecule has 0 saturated heterocycles. The Morgan fingerprint density at radius 1 is 1.27 bits per heavy atom. The maximum atomic E-state index is 12.4. The molecule has 7 nitrogen and oxygen atoms in total. The summed E-state index contributed by atoms with van der Waals surface area (Å²) in [6, 6.07) is 10.3. The number of pyridine rings is 1. The molecule has 9 heteroatoms. The second-order valence-electron chi connectivity index (χ2n) is 6.31. The van der Waals surface area contributed by atoms with Gasteiger partial charge in [0.25, 0.3) is 0 Å². The molecule has 2 amide bonds. The van der Waals surface area contributed by atoms with E-state index in [1.54, 1.807) is 48.0 Å². The summed E-state index contributed by atoms with van der Waals surface area (Å²) < 4.78 is 5.79. The molecule has 0 unspecified atom stereocenters. The number of benzene rings is 1. The van der Waals surface area contributed by atoms with E-state index >= 15 is 0 Å². The fraction of sp³-hybridized carbons (Fsp3) is 0.0952. The Bertz CT molecular complexity index is 1100. The van der Waals surface area contributed by atoms with Crippen LogP contribution in [-0.4, -0.2) is 30.5 Å². The molecule has 0 atom stereocenters. The van der Waals surface area contributed by atoms with Gasteiger partial charge in [0, 0.05) is 46.3 Å². The fourth-order valence-corrected chi connectivity index (χ4v) is 4.06. The lowest BCUT2D eigenvalue weighted by molar-refractivity contribution is -0.110. The van der Waals surface area contributed by atoms with Crippen molar-refractivity contribution in [1.29, 1.82) is 0 Å². The number of thiophene rings is 1. The van der Waals surface area contributed by atoms with Crippen molar-refractivity contribution >= 4 is 63.6 Å². The van der Waals surface area contributed by atoms with Crippen LogP contribution in [0.2, 0.25) is 5.02 Å². The van der Waals surface area contributed by atoms with Crippen LogP contribution in [0.1, 0.15) is 10.4 Å². The number of aromatic nitrogens is 1. The minimum atomic E-state index is -0.440. The molecule has 1 aromatic carbocycles. The summed E-state index contributed by atoms with van der Waals surface area (Å²) in [6.07, 6.45) is 3.87. The molecule has 152 valence electrons. The van der Waals surface area contributed by atoms with Crippen LogP contribution in [0.15, 0.2) is 54.2 Å². The quantitative estimate of drug-likeness (QED) is 0.471. The number of amides is 2. The van der Waals surface area contributed by atoms with Crippen LogP contribution in [-0.2, 0) is 9.53 Å². The standard InChI is InChI=1S/C21H17ClN4O3S/c22-16-11-17-14(10-18(16)26-21(28)25-13-3-5-23-6-4-13)20(29-8-7-27)15(12-24-17)19-2-1-9-30-19/h1-7,9-11,24H,8,12H2,(H2,23,25,26,28). The van der Waals surface area contributed by atoms with Crippen LogP contribution in [0.25, 0.3) is 11.3 Å². The van der Waals surface area contributed by atoms with Crippen LogP contribution in [0.5, 0.6) is 0 Å². The first kappa shape index (κ1) is 19.9. The van der Waals surface area contributed by atoms with Crippen molar-refractivity contribution < 1.29 is 14.3 Å². The number of halogens is 1. The van der Waals surface area contributed by atoms with Gasteiger partial charge in [-0.25, -0.2) is 4.79 Å². The first-order valence-electron chi connectivity index (χ1n) is 9.05. The molecule has 2 aromatic heterocycles. The number of rotatable bonds is 6. The van der Waals surface area contributed by atoms with Gasteiger partial charge >= 0.3 is 6.03 Å². The Labute approximate surface area is 181 Å². The van der Waals surface area contributed by atoms with Gasteiger partial charge in [0.05, 0.1) is 10.7 Å². The van der Waals surface area contributed by atoms with Gasteiger partial charge in [-0.3, -0.25) is 9.78 Å². The van der Waals surface area contributed by atoms with Gasteiger partial charge in [0.1, 0.15) is 12.4 Å². The molecular formula is C21H17ClN4O3S. The molecule has 1 aliphatic rings. The van der Waals surface area contributed by atoms with E-state index in [-0.39, 0.29) is 6.61 Å². The predicted molar refractivity (Wildman–Crippen MR) is 120 cm³/mol. The molecule has 3 heterocycles. The molecule has 0 fully saturated rings. The van der Waals surface area contributed by atoms with Crippen molar-refractivity contribution in [2.45, 2.75) is 0 Å². The van der Waals surface area contributed by atoms with E-state index in [4.69, 9.17) is 16.3 Å². The number of hydrogen-bond donors (Lipinski definition) is 3. The van der Waals surface area contributed by atoms with Crippen LogP contribution in [0.4, 0.5) is 21.9 Å². The molecule has 0 radical (unpaired) electrons. The second-order valence-corrected chi connectivity index (χ2v) is 7.66. The van der Waals surface area contributed by atoms with E-state index in [0.29, 0.717) is 35.0 Å². The Morgan fingerprint density at radius 2 is 2.10 bits per heavy atom. The molecule has 0 aliphatic carbocycles. The fourth-order valence-electron chi connectivity index (χ4n) is 3.08. The number of carbonyl (C=O) groups excluding carboxylic acids is 2. The summed E-state index contributed by atoms with van der Waals surface area (Å²) in [7, 11) is 0. The zero-order valence-electron chi connectivity index (χ0n) is 15.6. The lowest BCUT2D eigenvalue weighted by Crippen LogP contribution is -2.20. The van der Waals surface area contributed by atoms with Crippen molar-refractivity contribution in [1.82, 2.24) is 4.98 Å². The van der Waals surface area contributed by atoms with Gasteiger partial charge in [-0.15, -0.1) is 11.3 Å². The van der Waals surface area contributed by atoms with Crippen molar-refractivity contribution in [3.8, 4) is 0 Å². The first-order chi connectivity index (χ1) is 14.7. The lowest BCUT2D eigenvalue weighted by atomic mass is 10.00. The van der Waals surface area contributed by atoms with Crippen molar-refractivity contribution in [2.75, 3.05) is 29.1 Å². The van der Waals surface area contributed by atoms with Crippen molar-refractivity contribution in [3.05, 3.63) is 69.6 Å². The molecule has 3 aromatic rings. The number of nitrogens with zero attached hydrogens (tertiary/aromatic N) is 1. The van der Waals surface area contributed by atoms with E-state index in [1.807, 2.05) is 17.5 Å². The van der Waals surface area contributed by atoms with E-state index < -0.39 is 6.03 Å². The Balaban J connectivity index is 1.67. The third kappa shape index (κ3) is 4.29. The normalized spacial score (nSPS) is 12.6. The summed E-state index contributed by atoms with van der Waals surface area (Å²) in [6.45, 7) is 0.463. The Morgan fingerprint density at radius 3 is 2.83 bits per heavy atom. The minimum absolute atomic E-state index is 0.0719. The largest absolute Gasteiger partial charge is 0.485 e. The highest BCUT2D eigenvalue weighted by atomic mass is 35.5. The molecule has 30 heavy (non-hydrogen) atoms. The minimum Gasteiger partial charge on any atom is -0.485 e. The van der Waals surface area contributed by atoms with Crippen molar-refractivity contribution in [2.24, 2.45) is 0 Å². The number of fused-ring (bicyclic) bond motifs is 1. The number of urea groups is 1. The van der Waals surface area contributed by atoms with Crippen LogP contribution < -0.4 is 16.0 Å². The SMILES string of the molecule is O=CCOC1=C(c2cccs2)CNc2cc(Cl)c(NC(=O)Nc3ccncc3)cc21. The maximum absolute atomic E-state index is 12.4.